The summed E-state index contributed by atoms with van der Waals surface area (Å²) in [7, 11) is 2.00. The fraction of sp³-hybridized carbons (Fsp3) is 0.500. The first-order valence-corrected chi connectivity index (χ1v) is 17.0. The van der Waals surface area contributed by atoms with E-state index in [1.807, 2.05) is 34.7 Å². The van der Waals surface area contributed by atoms with Gasteiger partial charge >= 0.3 is 6.18 Å². The number of rotatable bonds is 7. The highest BCUT2D eigenvalue weighted by atomic mass is 19.4. The summed E-state index contributed by atoms with van der Waals surface area (Å²) in [5.74, 6) is -1.90. The van der Waals surface area contributed by atoms with Crippen LogP contribution in [0.5, 0.6) is 5.88 Å². The molecular formula is C36H40F5N7O2. The highest BCUT2D eigenvalue weighted by Crippen LogP contribution is 2.46. The molecule has 2 aliphatic rings. The Morgan fingerprint density at radius 2 is 1.72 bits per heavy atom. The molecule has 9 nitrogen and oxygen atoms in total. The van der Waals surface area contributed by atoms with E-state index in [0.29, 0.717) is 32.7 Å². The van der Waals surface area contributed by atoms with E-state index < -0.39 is 28.9 Å². The second-order valence-electron chi connectivity index (χ2n) is 14.4. The van der Waals surface area contributed by atoms with Gasteiger partial charge in [-0.3, -0.25) is 14.8 Å². The van der Waals surface area contributed by atoms with Crippen molar-refractivity contribution in [2.45, 2.75) is 83.3 Å². The SMILES string of the molecule is C[C@H](Oc1nc2c(F)c(-c3ccc(F)c4cccnc34)c(C(F)(F)F)cc2c2c1nnn2C1CCN(COC(C)(C)C)CC1)[C@@H]1CCCN1C. The van der Waals surface area contributed by atoms with Gasteiger partial charge in [-0.15, -0.1) is 5.10 Å². The standard InChI is InChI=1S/C36H40F5N7O2/c1-20(27-9-7-15-46(27)5)50-34-32-33(48(45-44-32)21-12-16-47(17-13-21)19-49-35(2,3)4)24-18-25(36(39,40)41)28(29(38)31(24)43-34)23-10-11-26(37)22-8-6-14-42-30(22)23/h6,8,10-11,14,18,20-21,27H,7,9,12-13,15-17,19H2,1-5H3/t20-,27-/m0/s1. The van der Waals surface area contributed by atoms with Crippen LogP contribution in [0.4, 0.5) is 22.0 Å². The molecule has 50 heavy (non-hydrogen) atoms. The van der Waals surface area contributed by atoms with Crippen LogP contribution in [-0.4, -0.2) is 85.9 Å². The van der Waals surface area contributed by atoms with Crippen molar-refractivity contribution >= 4 is 32.8 Å². The zero-order valence-electron chi connectivity index (χ0n) is 28.7. The summed E-state index contributed by atoms with van der Waals surface area (Å²) >= 11 is 0. The number of ether oxygens (including phenoxy) is 2. The van der Waals surface area contributed by atoms with E-state index in [1.165, 1.54) is 18.3 Å². The normalized spacial score (nSPS) is 19.3. The lowest BCUT2D eigenvalue weighted by molar-refractivity contribution is -0.137. The number of likely N-dealkylation sites (N-methyl/N-ethyl adjacent to an activating group) is 1. The van der Waals surface area contributed by atoms with E-state index >= 15 is 4.39 Å². The lowest BCUT2D eigenvalue weighted by Gasteiger charge is -2.33. The Kier molecular flexibility index (Phi) is 8.92. The molecule has 0 bridgehead atoms. The van der Waals surface area contributed by atoms with Crippen LogP contribution in [0.3, 0.4) is 0 Å². The van der Waals surface area contributed by atoms with Crippen molar-refractivity contribution in [3.05, 3.63) is 53.7 Å². The molecule has 266 valence electrons. The van der Waals surface area contributed by atoms with E-state index in [9.17, 15) is 17.6 Å². The third kappa shape index (κ3) is 6.37. The van der Waals surface area contributed by atoms with Gasteiger partial charge in [-0.25, -0.2) is 18.4 Å². The largest absolute Gasteiger partial charge is 0.471 e. The molecule has 0 saturated carbocycles. The minimum Gasteiger partial charge on any atom is -0.471 e. The average Bonchev–Trinajstić information content (AvgIpc) is 3.71. The molecule has 3 aromatic heterocycles. The molecule has 2 atom stereocenters. The number of nitrogens with zero attached hydrogens (tertiary/aromatic N) is 7. The van der Waals surface area contributed by atoms with Crippen LogP contribution in [0.2, 0.25) is 0 Å². The Bertz CT molecular complexity index is 2050. The predicted octanol–water partition coefficient (Wildman–Crippen LogP) is 7.76. The second-order valence-corrected chi connectivity index (χ2v) is 14.4. The number of alkyl halides is 3. The topological polar surface area (TPSA) is 81.4 Å². The average molecular weight is 698 g/mol. The molecule has 2 aromatic carbocycles. The third-order valence-corrected chi connectivity index (χ3v) is 9.90. The minimum absolute atomic E-state index is 0.00531. The summed E-state index contributed by atoms with van der Waals surface area (Å²) in [5, 5.41) is 8.73. The first-order valence-electron chi connectivity index (χ1n) is 17.0. The Balaban J connectivity index is 1.42. The zero-order valence-corrected chi connectivity index (χ0v) is 28.7. The van der Waals surface area contributed by atoms with Crippen LogP contribution < -0.4 is 4.74 Å². The number of fused-ring (bicyclic) bond motifs is 4. The molecule has 0 unspecified atom stereocenters. The molecule has 0 spiro atoms. The summed E-state index contributed by atoms with van der Waals surface area (Å²) < 4.78 is 90.8. The van der Waals surface area contributed by atoms with Gasteiger partial charge in [0.05, 0.1) is 29.5 Å². The van der Waals surface area contributed by atoms with Gasteiger partial charge in [0.25, 0.3) is 0 Å². The first-order chi connectivity index (χ1) is 23.7. The highest BCUT2D eigenvalue weighted by Gasteiger charge is 2.39. The molecule has 2 fully saturated rings. The second kappa shape index (κ2) is 13.0. The van der Waals surface area contributed by atoms with Gasteiger partial charge in [0.1, 0.15) is 23.0 Å². The Morgan fingerprint density at radius 3 is 2.40 bits per heavy atom. The van der Waals surface area contributed by atoms with Gasteiger partial charge in [-0.05, 0) is 97.3 Å². The molecule has 0 aliphatic carbocycles. The van der Waals surface area contributed by atoms with E-state index in [0.717, 1.165) is 37.6 Å². The molecule has 5 heterocycles. The van der Waals surface area contributed by atoms with Gasteiger partial charge in [0.15, 0.2) is 11.3 Å². The van der Waals surface area contributed by atoms with Crippen molar-refractivity contribution in [2.75, 3.05) is 33.4 Å². The van der Waals surface area contributed by atoms with Crippen LogP contribution in [0.1, 0.15) is 65.0 Å². The molecule has 7 rings (SSSR count). The van der Waals surface area contributed by atoms with Crippen molar-refractivity contribution in [1.82, 2.24) is 34.8 Å². The van der Waals surface area contributed by atoms with Crippen molar-refractivity contribution in [2.24, 2.45) is 0 Å². The number of aromatic nitrogens is 5. The van der Waals surface area contributed by atoms with Crippen LogP contribution in [0.25, 0.3) is 44.0 Å². The van der Waals surface area contributed by atoms with Crippen molar-refractivity contribution in [1.29, 1.82) is 0 Å². The van der Waals surface area contributed by atoms with Gasteiger partial charge in [0.2, 0.25) is 5.88 Å². The van der Waals surface area contributed by atoms with Crippen molar-refractivity contribution in [3.8, 4) is 17.0 Å². The van der Waals surface area contributed by atoms with Crippen molar-refractivity contribution in [3.63, 3.8) is 0 Å². The Morgan fingerprint density at radius 1 is 0.960 bits per heavy atom. The number of benzene rings is 2. The number of hydrogen-bond acceptors (Lipinski definition) is 8. The third-order valence-electron chi connectivity index (χ3n) is 9.90. The molecular weight excluding hydrogens is 657 g/mol. The van der Waals surface area contributed by atoms with Crippen LogP contribution >= 0.6 is 0 Å². The number of pyridine rings is 2. The van der Waals surface area contributed by atoms with Gasteiger partial charge in [-0.1, -0.05) is 5.21 Å². The molecule has 0 radical (unpaired) electrons. The van der Waals surface area contributed by atoms with Crippen molar-refractivity contribution < 1.29 is 31.4 Å². The maximum absolute atomic E-state index is 17.1. The van der Waals surface area contributed by atoms with E-state index in [1.54, 1.807) is 4.68 Å². The Labute approximate surface area is 286 Å². The van der Waals surface area contributed by atoms with Crippen LogP contribution in [0, 0.1) is 11.6 Å². The minimum atomic E-state index is -4.99. The number of piperidine rings is 1. The molecule has 14 heteroatoms. The number of likely N-dealkylation sites (tertiary alicyclic amines) is 2. The molecule has 0 N–H and O–H groups in total. The number of halogens is 5. The molecule has 0 amide bonds. The summed E-state index contributed by atoms with van der Waals surface area (Å²) in [6, 6.07) is 5.75. The van der Waals surface area contributed by atoms with Gasteiger partial charge < -0.3 is 9.47 Å². The Hall–Kier alpha value is -4.01. The summed E-state index contributed by atoms with van der Waals surface area (Å²) in [4.78, 5) is 13.1. The molecule has 2 aliphatic heterocycles. The molecule has 5 aromatic rings. The quantitative estimate of drug-likeness (QED) is 0.160. The first kappa shape index (κ1) is 34.4. The molecule has 2 saturated heterocycles. The van der Waals surface area contributed by atoms with Crippen LogP contribution in [0.15, 0.2) is 36.5 Å². The van der Waals surface area contributed by atoms with Crippen LogP contribution in [-0.2, 0) is 10.9 Å². The lowest BCUT2D eigenvalue weighted by Crippen LogP contribution is -2.38. The maximum Gasteiger partial charge on any atom is 0.417 e. The maximum atomic E-state index is 17.1. The zero-order chi connectivity index (χ0) is 35.5. The summed E-state index contributed by atoms with van der Waals surface area (Å²) in [6.45, 7) is 10.5. The monoisotopic (exact) mass is 697 g/mol. The van der Waals surface area contributed by atoms with Gasteiger partial charge in [0, 0.05) is 47.2 Å². The van der Waals surface area contributed by atoms with E-state index in [2.05, 4.69) is 30.1 Å². The fourth-order valence-corrected chi connectivity index (χ4v) is 7.30. The van der Waals surface area contributed by atoms with Gasteiger partial charge in [-0.2, -0.15) is 13.2 Å². The predicted molar refractivity (Wildman–Crippen MR) is 180 cm³/mol. The summed E-state index contributed by atoms with van der Waals surface area (Å²) in [6.07, 6.45) is -0.921. The van der Waals surface area contributed by atoms with E-state index in [4.69, 9.17) is 9.47 Å². The smallest absolute Gasteiger partial charge is 0.417 e. The summed E-state index contributed by atoms with van der Waals surface area (Å²) in [5.41, 5.74) is -2.54. The fourth-order valence-electron chi connectivity index (χ4n) is 7.30. The highest BCUT2D eigenvalue weighted by molar-refractivity contribution is 6.07. The number of hydrogen-bond donors (Lipinski definition) is 0. The lowest BCUT2D eigenvalue weighted by atomic mass is 9.93. The van der Waals surface area contributed by atoms with E-state index in [-0.39, 0.29) is 68.1 Å².